The van der Waals surface area contributed by atoms with Crippen LogP contribution in [0.3, 0.4) is 0 Å². The number of rotatable bonds is 7. The maximum Gasteiger partial charge on any atom is 0.257 e. The number of nitrogens with zero attached hydrogens (tertiary/aromatic N) is 3. The minimum Gasteiger partial charge on any atom is -0.380 e. The summed E-state index contributed by atoms with van der Waals surface area (Å²) in [5.41, 5.74) is 12.2. The molecule has 45 heavy (non-hydrogen) atoms. The lowest BCUT2D eigenvalue weighted by molar-refractivity contribution is 0.150. The highest BCUT2D eigenvalue weighted by Gasteiger charge is 2.31. The van der Waals surface area contributed by atoms with Crippen LogP contribution in [0.25, 0.3) is 22.3 Å². The van der Waals surface area contributed by atoms with Gasteiger partial charge in [-0.2, -0.15) is 0 Å². The van der Waals surface area contributed by atoms with Crippen molar-refractivity contribution >= 4 is 30.2 Å². The average Bonchev–Trinajstić information content (AvgIpc) is 3.44. The molecule has 0 radical (unpaired) electrons. The third kappa shape index (κ3) is 6.39. The highest BCUT2D eigenvalue weighted by atomic mass is 31.1. The van der Waals surface area contributed by atoms with Gasteiger partial charge in [0.05, 0.1) is 35.6 Å². The zero-order chi connectivity index (χ0) is 31.7. The topological polar surface area (TPSA) is 102 Å². The lowest BCUT2D eigenvalue weighted by Crippen LogP contribution is -2.41. The number of aromatic nitrogens is 2. The summed E-state index contributed by atoms with van der Waals surface area (Å²) in [6.07, 6.45) is 8.09. The molecule has 1 atom stereocenters. The van der Waals surface area contributed by atoms with Crippen LogP contribution < -0.4 is 21.9 Å². The highest BCUT2D eigenvalue weighted by Crippen LogP contribution is 2.41. The van der Waals surface area contributed by atoms with Crippen LogP contribution in [-0.4, -0.2) is 73.5 Å². The van der Waals surface area contributed by atoms with Gasteiger partial charge in [-0.1, -0.05) is 0 Å². The van der Waals surface area contributed by atoms with Gasteiger partial charge in [0.15, 0.2) is 0 Å². The van der Waals surface area contributed by atoms with E-state index in [0.717, 1.165) is 71.2 Å². The number of benzene rings is 1. The van der Waals surface area contributed by atoms with Gasteiger partial charge in [-0.15, -0.1) is 0 Å². The SMILES string of the molecule is COCc1c(P(C)C=O)cc2n(c1=O)Cc1c-2nc2cc(F)c(C)c3c2c1CCC3.NCC1CCN(CC2CCNCC2)CC1. The van der Waals surface area contributed by atoms with Gasteiger partial charge >= 0.3 is 0 Å². The van der Waals surface area contributed by atoms with E-state index in [1.54, 1.807) is 11.7 Å². The molecule has 242 valence electrons. The van der Waals surface area contributed by atoms with E-state index in [1.165, 1.54) is 70.0 Å². The maximum absolute atomic E-state index is 14.6. The lowest BCUT2D eigenvalue weighted by Gasteiger charge is -2.35. The molecule has 2 aromatic heterocycles. The number of methoxy groups -OCH3 is 1. The number of nitrogens with one attached hydrogen (secondary N) is 1. The Labute approximate surface area is 266 Å². The van der Waals surface area contributed by atoms with E-state index >= 15 is 0 Å². The summed E-state index contributed by atoms with van der Waals surface area (Å²) >= 11 is 0. The zero-order valence-electron chi connectivity index (χ0n) is 27.0. The summed E-state index contributed by atoms with van der Waals surface area (Å²) in [4.78, 5) is 32.4. The molecule has 10 heteroatoms. The fourth-order valence-electron chi connectivity index (χ4n) is 7.78. The van der Waals surface area contributed by atoms with Crippen molar-refractivity contribution in [3.8, 4) is 11.4 Å². The number of nitrogens with two attached hydrogens (primary N) is 1. The summed E-state index contributed by atoms with van der Waals surface area (Å²) in [6, 6.07) is 4.34. The minimum atomic E-state index is -1.13. The molecule has 3 aliphatic heterocycles. The summed E-state index contributed by atoms with van der Waals surface area (Å²) in [7, 11) is 0.418. The molecule has 0 saturated carbocycles. The van der Waals surface area contributed by atoms with Crippen molar-refractivity contribution in [2.24, 2.45) is 17.6 Å². The molecule has 1 aliphatic carbocycles. The van der Waals surface area contributed by atoms with Crippen LogP contribution >= 0.6 is 7.92 Å². The van der Waals surface area contributed by atoms with E-state index in [1.807, 2.05) is 19.7 Å². The Morgan fingerprint density at radius 3 is 2.53 bits per heavy atom. The number of carbonyl (C=O) groups excluding carboxylic acids is 1. The largest absolute Gasteiger partial charge is 0.380 e. The molecule has 3 N–H and O–H groups in total. The van der Waals surface area contributed by atoms with Gasteiger partial charge in [0.2, 0.25) is 0 Å². The molecule has 1 aromatic carbocycles. The minimum absolute atomic E-state index is 0.131. The van der Waals surface area contributed by atoms with Crippen molar-refractivity contribution < 1.29 is 13.9 Å². The molecule has 5 heterocycles. The second-order valence-electron chi connectivity index (χ2n) is 13.2. The number of halogens is 1. The molecule has 3 aromatic rings. The zero-order valence-corrected chi connectivity index (χ0v) is 27.9. The fourth-order valence-corrected chi connectivity index (χ4v) is 8.80. The van der Waals surface area contributed by atoms with Crippen LogP contribution in [-0.2, 0) is 35.5 Å². The first-order valence-corrected chi connectivity index (χ1v) is 18.4. The monoisotopic (exact) mass is 635 g/mol. The third-order valence-corrected chi connectivity index (χ3v) is 11.9. The molecular weight excluding hydrogens is 588 g/mol. The van der Waals surface area contributed by atoms with Gasteiger partial charge in [0.25, 0.3) is 5.56 Å². The number of hydrogen-bond acceptors (Lipinski definition) is 7. The fraction of sp³-hybridized carbons (Fsp3) is 0.571. The number of aryl methyl sites for hydroxylation is 2. The highest BCUT2D eigenvalue weighted by molar-refractivity contribution is 7.78. The summed E-state index contributed by atoms with van der Waals surface area (Å²) in [5, 5.41) is 5.22. The standard InChI is InChI=1S/C23H22FN2O3P.C12H25N3/c1-12-13-5-4-6-14-15-9-26-19(22(15)25-18(21(13)14)7-17(12)24)8-20(30(3)11-27)16(10-29-2)23(26)28;13-9-11-3-7-15(8-4-11)10-12-1-5-14-6-2-12/h7-8,11H,4-6,9-10H2,1-3H3;11-12,14H,1-10,13H2. The van der Waals surface area contributed by atoms with Crippen molar-refractivity contribution in [3.63, 3.8) is 0 Å². The van der Waals surface area contributed by atoms with Crippen molar-refractivity contribution in [2.75, 3.05) is 53.0 Å². The van der Waals surface area contributed by atoms with Gasteiger partial charge in [-0.25, -0.2) is 9.37 Å². The quantitative estimate of drug-likeness (QED) is 0.233. The smallest absolute Gasteiger partial charge is 0.257 e. The Hall–Kier alpha value is -2.55. The molecule has 0 amide bonds. The maximum atomic E-state index is 14.6. The van der Waals surface area contributed by atoms with E-state index in [0.29, 0.717) is 28.9 Å². The van der Waals surface area contributed by atoms with Crippen LogP contribution in [0.4, 0.5) is 4.39 Å². The van der Waals surface area contributed by atoms with E-state index in [9.17, 15) is 14.0 Å². The van der Waals surface area contributed by atoms with Crippen LogP contribution in [0, 0.1) is 24.6 Å². The molecule has 8 nitrogen and oxygen atoms in total. The van der Waals surface area contributed by atoms with Crippen LogP contribution in [0.2, 0.25) is 0 Å². The first kappa shape index (κ1) is 32.4. The Balaban J connectivity index is 0.000000200. The molecule has 2 fully saturated rings. The van der Waals surface area contributed by atoms with E-state index in [2.05, 4.69) is 10.2 Å². The number of piperidine rings is 2. The van der Waals surface area contributed by atoms with Gasteiger partial charge in [0.1, 0.15) is 11.8 Å². The van der Waals surface area contributed by atoms with Crippen LogP contribution in [0.1, 0.15) is 59.9 Å². The number of carbonyl (C=O) groups is 1. The number of likely N-dealkylation sites (tertiary alicyclic amines) is 1. The molecule has 4 aliphatic rings. The Kier molecular flexibility index (Phi) is 10.1. The number of hydrogen-bond donors (Lipinski definition) is 2. The van der Waals surface area contributed by atoms with Gasteiger partial charge in [0, 0.05) is 30.7 Å². The predicted octanol–water partition coefficient (Wildman–Crippen LogP) is 4.09. The number of ether oxygens (including phenoxy) is 1. The Morgan fingerprint density at radius 1 is 1.11 bits per heavy atom. The summed E-state index contributed by atoms with van der Waals surface area (Å²) < 4.78 is 21.6. The van der Waals surface area contributed by atoms with Gasteiger partial charge < -0.3 is 25.3 Å². The second-order valence-corrected chi connectivity index (χ2v) is 15.1. The van der Waals surface area contributed by atoms with Gasteiger partial charge in [-0.3, -0.25) is 9.59 Å². The van der Waals surface area contributed by atoms with E-state index in [-0.39, 0.29) is 18.0 Å². The summed E-state index contributed by atoms with van der Waals surface area (Å²) in [6.45, 7) is 11.5. The number of fused-ring (bicyclic) bond motifs is 4. The Morgan fingerprint density at radius 2 is 1.84 bits per heavy atom. The molecule has 2 saturated heterocycles. The van der Waals surface area contributed by atoms with E-state index in [4.69, 9.17) is 15.5 Å². The average molecular weight is 636 g/mol. The molecule has 0 spiro atoms. The predicted molar refractivity (Wildman–Crippen MR) is 181 cm³/mol. The Bertz CT molecular complexity index is 1630. The molecule has 7 rings (SSSR count). The first-order chi connectivity index (χ1) is 21.8. The van der Waals surface area contributed by atoms with E-state index < -0.39 is 7.92 Å². The van der Waals surface area contributed by atoms with Crippen molar-refractivity contribution in [3.05, 3.63) is 56.1 Å². The molecule has 0 bridgehead atoms. The van der Waals surface area contributed by atoms with Crippen molar-refractivity contribution in [1.29, 1.82) is 0 Å². The first-order valence-electron chi connectivity index (χ1n) is 16.5. The van der Waals surface area contributed by atoms with Crippen molar-refractivity contribution in [2.45, 2.75) is 65.0 Å². The second kappa shape index (κ2) is 14.1. The lowest BCUT2D eigenvalue weighted by atomic mass is 9.85. The molecular formula is C35H47FN5O3P. The third-order valence-electron chi connectivity index (χ3n) is 10.4. The van der Waals surface area contributed by atoms with Crippen LogP contribution in [0.15, 0.2) is 16.9 Å². The van der Waals surface area contributed by atoms with Crippen molar-refractivity contribution in [1.82, 2.24) is 19.8 Å². The van der Waals surface area contributed by atoms with Crippen LogP contribution in [0.5, 0.6) is 0 Å². The summed E-state index contributed by atoms with van der Waals surface area (Å²) in [5.74, 6) is 1.51. The normalized spacial score (nSPS) is 19.1. The number of pyridine rings is 2. The molecule has 1 unspecified atom stereocenters. The van der Waals surface area contributed by atoms with Gasteiger partial charge in [-0.05, 0) is 139 Å².